The summed E-state index contributed by atoms with van der Waals surface area (Å²) in [6, 6.07) is 16.3. The number of carbonyl (C=O) groups is 1. The van der Waals surface area contributed by atoms with Crippen molar-refractivity contribution in [3.63, 3.8) is 0 Å². The first-order chi connectivity index (χ1) is 14.7. The SMILES string of the molecule is N#Cc1ccc(C(=O)NCCOCCn2cnc3c(N)nc4ccccc4c32)cc1. The van der Waals surface area contributed by atoms with Gasteiger partial charge in [-0.05, 0) is 30.3 Å². The van der Waals surface area contributed by atoms with E-state index in [4.69, 9.17) is 15.7 Å². The van der Waals surface area contributed by atoms with E-state index in [1.54, 1.807) is 30.6 Å². The van der Waals surface area contributed by atoms with Crippen molar-refractivity contribution in [2.75, 3.05) is 25.5 Å². The molecule has 0 fully saturated rings. The van der Waals surface area contributed by atoms with Crippen LogP contribution in [0.15, 0.2) is 54.9 Å². The van der Waals surface area contributed by atoms with Crippen LogP contribution in [0, 0.1) is 11.3 Å². The van der Waals surface area contributed by atoms with Gasteiger partial charge in [0.25, 0.3) is 5.91 Å². The minimum Gasteiger partial charge on any atom is -0.382 e. The number of nitrogens with two attached hydrogens (primary N) is 1. The van der Waals surface area contributed by atoms with E-state index in [1.807, 2.05) is 34.9 Å². The molecule has 8 nitrogen and oxygen atoms in total. The molecule has 30 heavy (non-hydrogen) atoms. The largest absolute Gasteiger partial charge is 0.382 e. The maximum Gasteiger partial charge on any atom is 0.251 e. The number of hydrogen-bond acceptors (Lipinski definition) is 6. The average Bonchev–Trinajstić information content (AvgIpc) is 3.21. The summed E-state index contributed by atoms with van der Waals surface area (Å²) in [6.07, 6.45) is 1.74. The lowest BCUT2D eigenvalue weighted by atomic mass is 10.1. The Kier molecular flexibility index (Phi) is 5.54. The number of benzene rings is 2. The second-order valence-electron chi connectivity index (χ2n) is 6.71. The van der Waals surface area contributed by atoms with E-state index in [1.165, 1.54) is 0 Å². The molecule has 0 atom stereocenters. The number of nitrogens with one attached hydrogen (secondary N) is 1. The van der Waals surface area contributed by atoms with Gasteiger partial charge in [0.2, 0.25) is 0 Å². The minimum absolute atomic E-state index is 0.196. The molecule has 0 aliphatic heterocycles. The fourth-order valence-corrected chi connectivity index (χ4v) is 3.28. The van der Waals surface area contributed by atoms with Crippen LogP contribution in [0.3, 0.4) is 0 Å². The third kappa shape index (κ3) is 3.92. The van der Waals surface area contributed by atoms with E-state index in [0.717, 1.165) is 16.4 Å². The molecule has 2 aromatic heterocycles. The van der Waals surface area contributed by atoms with Gasteiger partial charge in [-0.2, -0.15) is 5.26 Å². The molecule has 2 aromatic carbocycles. The van der Waals surface area contributed by atoms with Gasteiger partial charge in [-0.15, -0.1) is 0 Å². The molecule has 1 amide bonds. The number of carbonyl (C=O) groups excluding carboxylic acids is 1. The maximum absolute atomic E-state index is 12.1. The molecule has 2 heterocycles. The molecule has 0 saturated heterocycles. The number of pyridine rings is 1. The van der Waals surface area contributed by atoms with Crippen molar-refractivity contribution in [1.29, 1.82) is 5.26 Å². The first-order valence-corrected chi connectivity index (χ1v) is 9.52. The van der Waals surface area contributed by atoms with E-state index >= 15 is 0 Å². The normalized spacial score (nSPS) is 10.9. The molecule has 8 heteroatoms. The molecule has 0 aliphatic rings. The van der Waals surface area contributed by atoms with Crippen molar-refractivity contribution in [2.24, 2.45) is 0 Å². The van der Waals surface area contributed by atoms with Crippen LogP contribution >= 0.6 is 0 Å². The van der Waals surface area contributed by atoms with E-state index in [0.29, 0.717) is 48.8 Å². The van der Waals surface area contributed by atoms with Gasteiger partial charge in [0, 0.05) is 24.0 Å². The summed E-state index contributed by atoms with van der Waals surface area (Å²) in [4.78, 5) is 20.9. The highest BCUT2D eigenvalue weighted by atomic mass is 16.5. The van der Waals surface area contributed by atoms with Crippen LogP contribution in [0.4, 0.5) is 5.82 Å². The number of nitrogens with zero attached hydrogens (tertiary/aromatic N) is 4. The first kappa shape index (κ1) is 19.4. The third-order valence-corrected chi connectivity index (χ3v) is 4.77. The van der Waals surface area contributed by atoms with Crippen molar-refractivity contribution >= 4 is 33.7 Å². The van der Waals surface area contributed by atoms with Crippen LogP contribution in [0.5, 0.6) is 0 Å². The zero-order valence-corrected chi connectivity index (χ0v) is 16.2. The molecule has 0 saturated carbocycles. The van der Waals surface area contributed by atoms with Crippen molar-refractivity contribution in [1.82, 2.24) is 19.9 Å². The highest BCUT2D eigenvalue weighted by Gasteiger charge is 2.12. The number of para-hydroxylation sites is 1. The standard InChI is InChI=1S/C22H20N6O2/c23-13-15-5-7-16(8-6-15)22(29)25-9-11-30-12-10-28-14-26-19-20(28)17-3-1-2-4-18(17)27-21(19)24/h1-8,14H,9-12H2,(H2,24,27)(H,25,29). The fourth-order valence-electron chi connectivity index (χ4n) is 3.28. The molecule has 150 valence electrons. The summed E-state index contributed by atoms with van der Waals surface area (Å²) in [5.74, 6) is 0.215. The number of ether oxygens (including phenoxy) is 1. The number of fused-ring (bicyclic) bond motifs is 3. The molecule has 0 aliphatic carbocycles. The number of amides is 1. The molecule has 0 spiro atoms. The Labute approximate surface area is 172 Å². The second-order valence-corrected chi connectivity index (χ2v) is 6.71. The second kappa shape index (κ2) is 8.59. The van der Waals surface area contributed by atoms with Crippen molar-refractivity contribution in [3.8, 4) is 6.07 Å². The van der Waals surface area contributed by atoms with Gasteiger partial charge in [-0.3, -0.25) is 4.79 Å². The summed E-state index contributed by atoms with van der Waals surface area (Å²) in [6.45, 7) is 1.85. The predicted molar refractivity (Wildman–Crippen MR) is 114 cm³/mol. The van der Waals surface area contributed by atoms with E-state index < -0.39 is 0 Å². The van der Waals surface area contributed by atoms with E-state index in [-0.39, 0.29) is 5.91 Å². The summed E-state index contributed by atoms with van der Waals surface area (Å²) in [7, 11) is 0. The van der Waals surface area contributed by atoms with Crippen LogP contribution in [0.2, 0.25) is 0 Å². The Hall–Kier alpha value is -3.96. The minimum atomic E-state index is -0.196. The Morgan fingerprint density at radius 1 is 1.17 bits per heavy atom. The number of nitriles is 1. The zero-order valence-electron chi connectivity index (χ0n) is 16.2. The Morgan fingerprint density at radius 2 is 1.97 bits per heavy atom. The molecular weight excluding hydrogens is 380 g/mol. The van der Waals surface area contributed by atoms with Crippen LogP contribution in [-0.4, -0.2) is 40.2 Å². The monoisotopic (exact) mass is 400 g/mol. The number of rotatable bonds is 7. The van der Waals surface area contributed by atoms with Gasteiger partial charge in [-0.25, -0.2) is 9.97 Å². The average molecular weight is 400 g/mol. The van der Waals surface area contributed by atoms with Gasteiger partial charge in [0.15, 0.2) is 5.82 Å². The molecule has 0 unspecified atom stereocenters. The van der Waals surface area contributed by atoms with Gasteiger partial charge in [0.05, 0.1) is 42.2 Å². The number of nitrogen functional groups attached to an aromatic ring is 1. The molecule has 0 radical (unpaired) electrons. The number of hydrogen-bond donors (Lipinski definition) is 2. The smallest absolute Gasteiger partial charge is 0.251 e. The summed E-state index contributed by atoms with van der Waals surface area (Å²) < 4.78 is 7.67. The van der Waals surface area contributed by atoms with E-state index in [9.17, 15) is 4.79 Å². The summed E-state index contributed by atoms with van der Waals surface area (Å²) >= 11 is 0. The lowest BCUT2D eigenvalue weighted by Crippen LogP contribution is -2.27. The van der Waals surface area contributed by atoms with E-state index in [2.05, 4.69) is 15.3 Å². The predicted octanol–water partition coefficient (Wildman–Crippen LogP) is 2.48. The lowest BCUT2D eigenvalue weighted by Gasteiger charge is -2.09. The molecule has 4 rings (SSSR count). The highest BCUT2D eigenvalue weighted by Crippen LogP contribution is 2.26. The van der Waals surface area contributed by atoms with Crippen molar-refractivity contribution in [2.45, 2.75) is 6.54 Å². The maximum atomic E-state index is 12.1. The first-order valence-electron chi connectivity index (χ1n) is 9.52. The number of imidazole rings is 1. The van der Waals surface area contributed by atoms with Gasteiger partial charge in [-0.1, -0.05) is 18.2 Å². The van der Waals surface area contributed by atoms with Gasteiger partial charge < -0.3 is 20.4 Å². The Balaban J connectivity index is 1.30. The van der Waals surface area contributed by atoms with Crippen LogP contribution in [0.25, 0.3) is 21.9 Å². The van der Waals surface area contributed by atoms with Crippen molar-refractivity contribution < 1.29 is 9.53 Å². The molecule has 4 aromatic rings. The van der Waals surface area contributed by atoms with Crippen LogP contribution < -0.4 is 11.1 Å². The van der Waals surface area contributed by atoms with Gasteiger partial charge >= 0.3 is 0 Å². The number of aromatic nitrogens is 3. The molecular formula is C22H20N6O2. The number of anilines is 1. The molecule has 0 bridgehead atoms. The summed E-state index contributed by atoms with van der Waals surface area (Å²) in [5, 5.41) is 12.6. The zero-order chi connectivity index (χ0) is 20.9. The lowest BCUT2D eigenvalue weighted by molar-refractivity contribution is 0.0909. The topological polar surface area (TPSA) is 119 Å². The third-order valence-electron chi connectivity index (χ3n) is 4.77. The van der Waals surface area contributed by atoms with Crippen LogP contribution in [0.1, 0.15) is 15.9 Å². The Morgan fingerprint density at radius 3 is 2.77 bits per heavy atom. The summed E-state index contributed by atoms with van der Waals surface area (Å²) in [5.41, 5.74) is 9.53. The van der Waals surface area contributed by atoms with Crippen molar-refractivity contribution in [3.05, 3.63) is 66.0 Å². The van der Waals surface area contributed by atoms with Crippen LogP contribution in [-0.2, 0) is 11.3 Å². The Bertz CT molecular complexity index is 1240. The highest BCUT2D eigenvalue weighted by molar-refractivity contribution is 6.06. The quantitative estimate of drug-likeness (QED) is 0.460. The fraction of sp³-hybridized carbons (Fsp3) is 0.182. The van der Waals surface area contributed by atoms with Gasteiger partial charge in [0.1, 0.15) is 5.52 Å². The molecule has 3 N–H and O–H groups in total.